The molecule has 1 aromatic carbocycles. The van der Waals surface area contributed by atoms with Crippen LogP contribution in [-0.4, -0.2) is 25.0 Å². The fraction of sp³-hybridized carbons (Fsp3) is 0.500. The molecule has 4 nitrogen and oxygen atoms in total. The van der Waals surface area contributed by atoms with Crippen LogP contribution in [0.1, 0.15) is 36.5 Å². The Balaban J connectivity index is 2.06. The SMILES string of the molecule is COC1CCC(Nc2ccc(N)c(C(C)=O)c2)C1. The topological polar surface area (TPSA) is 64.3 Å². The molecule has 0 amide bonds. The third-order valence-corrected chi connectivity index (χ3v) is 3.52. The highest BCUT2D eigenvalue weighted by Crippen LogP contribution is 2.26. The van der Waals surface area contributed by atoms with Gasteiger partial charge in [0.05, 0.1) is 6.10 Å². The normalized spacial score (nSPS) is 23.0. The van der Waals surface area contributed by atoms with Crippen LogP contribution in [0.4, 0.5) is 11.4 Å². The largest absolute Gasteiger partial charge is 0.398 e. The van der Waals surface area contributed by atoms with Crippen molar-refractivity contribution in [3.05, 3.63) is 23.8 Å². The molecule has 18 heavy (non-hydrogen) atoms. The van der Waals surface area contributed by atoms with Gasteiger partial charge in [-0.2, -0.15) is 0 Å². The monoisotopic (exact) mass is 248 g/mol. The predicted octanol–water partition coefficient (Wildman–Crippen LogP) is 2.45. The summed E-state index contributed by atoms with van der Waals surface area (Å²) in [6.45, 7) is 1.53. The van der Waals surface area contributed by atoms with Crippen molar-refractivity contribution in [2.75, 3.05) is 18.2 Å². The van der Waals surface area contributed by atoms with E-state index in [1.807, 2.05) is 12.1 Å². The molecule has 3 N–H and O–H groups in total. The molecule has 4 heteroatoms. The van der Waals surface area contributed by atoms with Crippen molar-refractivity contribution in [3.8, 4) is 0 Å². The fourth-order valence-electron chi connectivity index (χ4n) is 2.47. The number of carbonyl (C=O) groups is 1. The van der Waals surface area contributed by atoms with Crippen molar-refractivity contribution < 1.29 is 9.53 Å². The summed E-state index contributed by atoms with van der Waals surface area (Å²) < 4.78 is 5.35. The smallest absolute Gasteiger partial charge is 0.161 e. The van der Waals surface area contributed by atoms with E-state index in [1.165, 1.54) is 6.92 Å². The first-order valence-electron chi connectivity index (χ1n) is 6.30. The Hall–Kier alpha value is -1.55. The molecule has 0 heterocycles. The summed E-state index contributed by atoms with van der Waals surface area (Å²) in [5.74, 6) is -0.00246. The van der Waals surface area contributed by atoms with Crippen LogP contribution in [-0.2, 0) is 4.74 Å². The van der Waals surface area contributed by atoms with E-state index < -0.39 is 0 Å². The first kappa shape index (κ1) is 12.9. The molecule has 1 aliphatic carbocycles. The first-order chi connectivity index (χ1) is 8.60. The van der Waals surface area contributed by atoms with Crippen LogP contribution < -0.4 is 11.1 Å². The van der Waals surface area contributed by atoms with Gasteiger partial charge >= 0.3 is 0 Å². The summed E-state index contributed by atoms with van der Waals surface area (Å²) in [7, 11) is 1.75. The number of Topliss-reactive ketones (excluding diaryl/α,β-unsaturated/α-hetero) is 1. The van der Waals surface area contributed by atoms with Crippen molar-refractivity contribution in [3.63, 3.8) is 0 Å². The van der Waals surface area contributed by atoms with Gasteiger partial charge in [0.1, 0.15) is 0 Å². The van der Waals surface area contributed by atoms with Gasteiger partial charge in [0, 0.05) is 30.1 Å². The number of benzene rings is 1. The molecule has 2 atom stereocenters. The highest BCUT2D eigenvalue weighted by molar-refractivity contribution is 6.00. The molecule has 1 aliphatic rings. The molecule has 1 fully saturated rings. The quantitative estimate of drug-likeness (QED) is 0.634. The first-order valence-corrected chi connectivity index (χ1v) is 6.30. The van der Waals surface area contributed by atoms with Gasteiger partial charge in [0.25, 0.3) is 0 Å². The predicted molar refractivity (Wildman–Crippen MR) is 72.9 cm³/mol. The van der Waals surface area contributed by atoms with E-state index in [0.29, 0.717) is 23.4 Å². The maximum Gasteiger partial charge on any atom is 0.161 e. The number of ether oxygens (including phenoxy) is 1. The summed E-state index contributed by atoms with van der Waals surface area (Å²) in [5.41, 5.74) is 7.85. The van der Waals surface area contributed by atoms with Crippen LogP contribution in [0.3, 0.4) is 0 Å². The third kappa shape index (κ3) is 2.82. The molecule has 0 saturated heterocycles. The maximum absolute atomic E-state index is 11.4. The Morgan fingerprint density at radius 1 is 1.44 bits per heavy atom. The number of nitrogens with two attached hydrogens (primary N) is 1. The summed E-state index contributed by atoms with van der Waals surface area (Å²) in [6.07, 6.45) is 3.54. The van der Waals surface area contributed by atoms with Crippen LogP contribution in [0, 0.1) is 0 Å². The molecule has 2 unspecified atom stereocenters. The second-order valence-electron chi connectivity index (χ2n) is 4.87. The minimum Gasteiger partial charge on any atom is -0.398 e. The number of hydrogen-bond acceptors (Lipinski definition) is 4. The van der Waals surface area contributed by atoms with Crippen molar-refractivity contribution >= 4 is 17.2 Å². The molecule has 0 aromatic heterocycles. The zero-order valence-electron chi connectivity index (χ0n) is 10.9. The van der Waals surface area contributed by atoms with E-state index in [2.05, 4.69) is 5.32 Å². The standard InChI is InChI=1S/C14H20N2O2/c1-9(17)13-8-11(4-6-14(13)15)16-10-3-5-12(7-10)18-2/h4,6,8,10,12,16H,3,5,7,15H2,1-2H3. The zero-order chi connectivity index (χ0) is 13.1. The van der Waals surface area contributed by atoms with Gasteiger partial charge in [-0.3, -0.25) is 4.79 Å². The van der Waals surface area contributed by atoms with E-state index in [-0.39, 0.29) is 5.78 Å². The van der Waals surface area contributed by atoms with Crippen LogP contribution in [0.25, 0.3) is 0 Å². The highest BCUT2D eigenvalue weighted by Gasteiger charge is 2.24. The Labute approximate surface area is 108 Å². The second-order valence-corrected chi connectivity index (χ2v) is 4.87. The van der Waals surface area contributed by atoms with Gasteiger partial charge in [-0.1, -0.05) is 0 Å². The van der Waals surface area contributed by atoms with Crippen LogP contribution in [0.2, 0.25) is 0 Å². The number of nitrogen functional groups attached to an aromatic ring is 1. The Morgan fingerprint density at radius 2 is 2.22 bits per heavy atom. The lowest BCUT2D eigenvalue weighted by Crippen LogP contribution is -2.17. The van der Waals surface area contributed by atoms with E-state index >= 15 is 0 Å². The number of anilines is 2. The molecule has 0 radical (unpaired) electrons. The van der Waals surface area contributed by atoms with Crippen molar-refractivity contribution in [1.29, 1.82) is 0 Å². The number of hydrogen-bond donors (Lipinski definition) is 2. The minimum absolute atomic E-state index is 0.00246. The van der Waals surface area contributed by atoms with Crippen molar-refractivity contribution in [2.45, 2.75) is 38.3 Å². The molecular formula is C14H20N2O2. The third-order valence-electron chi connectivity index (χ3n) is 3.52. The number of rotatable bonds is 4. The summed E-state index contributed by atoms with van der Waals surface area (Å²) in [4.78, 5) is 11.4. The minimum atomic E-state index is -0.00246. The van der Waals surface area contributed by atoms with Gasteiger partial charge in [-0.05, 0) is 44.4 Å². The number of nitrogens with one attached hydrogen (secondary N) is 1. The number of ketones is 1. The van der Waals surface area contributed by atoms with Crippen molar-refractivity contribution in [1.82, 2.24) is 0 Å². The average molecular weight is 248 g/mol. The lowest BCUT2D eigenvalue weighted by atomic mass is 10.1. The van der Waals surface area contributed by atoms with Crippen molar-refractivity contribution in [2.24, 2.45) is 0 Å². The lowest BCUT2D eigenvalue weighted by Gasteiger charge is -2.15. The van der Waals surface area contributed by atoms with Crippen LogP contribution in [0.15, 0.2) is 18.2 Å². The average Bonchev–Trinajstić information content (AvgIpc) is 2.79. The molecule has 0 bridgehead atoms. The molecule has 98 valence electrons. The van der Waals surface area contributed by atoms with Gasteiger partial charge < -0.3 is 15.8 Å². The Morgan fingerprint density at radius 3 is 2.83 bits per heavy atom. The lowest BCUT2D eigenvalue weighted by molar-refractivity contribution is 0.101. The van der Waals surface area contributed by atoms with E-state index in [0.717, 1.165) is 24.9 Å². The zero-order valence-corrected chi connectivity index (χ0v) is 10.9. The van der Waals surface area contributed by atoms with E-state index in [4.69, 9.17) is 10.5 Å². The highest BCUT2D eigenvalue weighted by atomic mass is 16.5. The second kappa shape index (κ2) is 5.40. The molecular weight excluding hydrogens is 228 g/mol. The molecule has 1 aromatic rings. The van der Waals surface area contributed by atoms with Gasteiger partial charge in [-0.15, -0.1) is 0 Å². The van der Waals surface area contributed by atoms with Crippen LogP contribution >= 0.6 is 0 Å². The summed E-state index contributed by atoms with van der Waals surface area (Å²) in [5, 5.41) is 3.44. The molecule has 0 spiro atoms. The maximum atomic E-state index is 11.4. The molecule has 1 saturated carbocycles. The summed E-state index contributed by atoms with van der Waals surface area (Å²) >= 11 is 0. The summed E-state index contributed by atoms with van der Waals surface area (Å²) in [6, 6.07) is 5.94. The van der Waals surface area contributed by atoms with Crippen LogP contribution in [0.5, 0.6) is 0 Å². The molecule has 2 rings (SSSR count). The Bertz CT molecular complexity index is 445. The number of carbonyl (C=O) groups excluding carboxylic acids is 1. The molecule has 0 aliphatic heterocycles. The Kier molecular flexibility index (Phi) is 3.87. The van der Waals surface area contributed by atoms with Gasteiger partial charge in [0.15, 0.2) is 5.78 Å². The number of methoxy groups -OCH3 is 1. The van der Waals surface area contributed by atoms with Gasteiger partial charge in [-0.25, -0.2) is 0 Å². The fourth-order valence-corrected chi connectivity index (χ4v) is 2.47. The van der Waals surface area contributed by atoms with E-state index in [1.54, 1.807) is 13.2 Å². The van der Waals surface area contributed by atoms with E-state index in [9.17, 15) is 4.79 Å². The van der Waals surface area contributed by atoms with Gasteiger partial charge in [0.2, 0.25) is 0 Å².